The van der Waals surface area contributed by atoms with Crippen LogP contribution in [0.25, 0.3) is 0 Å². The molecule has 0 bridgehead atoms. The Morgan fingerprint density at radius 3 is 2.56 bits per heavy atom. The summed E-state index contributed by atoms with van der Waals surface area (Å²) in [6.07, 6.45) is 2.15. The van der Waals surface area contributed by atoms with Crippen molar-refractivity contribution in [3.8, 4) is 0 Å². The molecule has 0 fully saturated rings. The van der Waals surface area contributed by atoms with E-state index in [9.17, 15) is 0 Å². The van der Waals surface area contributed by atoms with Crippen LogP contribution < -0.4 is 10.2 Å². The zero-order chi connectivity index (χ0) is 13.7. The fraction of sp³-hybridized carbons (Fsp3) is 0.571. The number of anilines is 1. The van der Waals surface area contributed by atoms with Crippen LogP contribution in [0.15, 0.2) is 22.7 Å². The first-order chi connectivity index (χ1) is 8.51. The molecular formula is C14H23BrN2S. The molecule has 4 heteroatoms. The average molecular weight is 331 g/mol. The summed E-state index contributed by atoms with van der Waals surface area (Å²) in [7, 11) is 4.14. The molecule has 0 spiro atoms. The van der Waals surface area contributed by atoms with E-state index in [0.29, 0.717) is 12.1 Å². The van der Waals surface area contributed by atoms with Crippen molar-refractivity contribution < 1.29 is 0 Å². The standard InChI is InChI=1S/C14H23BrN2S/c1-10(9-18-5)17(4)14-7-6-12(8-13(14)15)11(2)16-3/h6-8,10-11,16H,9H2,1-5H3. The molecule has 0 aliphatic rings. The molecule has 0 saturated heterocycles. The zero-order valence-electron chi connectivity index (χ0n) is 11.8. The maximum absolute atomic E-state index is 3.69. The molecule has 2 nitrogen and oxygen atoms in total. The lowest BCUT2D eigenvalue weighted by Gasteiger charge is -2.28. The fourth-order valence-corrected chi connectivity index (χ4v) is 3.22. The van der Waals surface area contributed by atoms with Crippen molar-refractivity contribution in [1.82, 2.24) is 5.32 Å². The lowest BCUT2D eigenvalue weighted by molar-refractivity contribution is 0.651. The van der Waals surface area contributed by atoms with Crippen LogP contribution in [0.5, 0.6) is 0 Å². The first-order valence-corrected chi connectivity index (χ1v) is 8.38. The number of rotatable bonds is 6. The summed E-state index contributed by atoms with van der Waals surface area (Å²) in [4.78, 5) is 2.33. The van der Waals surface area contributed by atoms with Crippen LogP contribution in [0.2, 0.25) is 0 Å². The minimum atomic E-state index is 0.379. The fourth-order valence-electron chi connectivity index (χ4n) is 1.84. The largest absolute Gasteiger partial charge is 0.370 e. The third kappa shape index (κ3) is 3.90. The molecule has 18 heavy (non-hydrogen) atoms. The van der Waals surface area contributed by atoms with Gasteiger partial charge in [-0.1, -0.05) is 6.07 Å². The van der Waals surface area contributed by atoms with Crippen LogP contribution in [0.4, 0.5) is 5.69 Å². The van der Waals surface area contributed by atoms with Gasteiger partial charge in [0.15, 0.2) is 0 Å². The van der Waals surface area contributed by atoms with Gasteiger partial charge in [-0.05, 0) is 60.8 Å². The number of thioether (sulfide) groups is 1. The molecule has 2 atom stereocenters. The molecule has 0 aliphatic carbocycles. The topological polar surface area (TPSA) is 15.3 Å². The molecule has 1 aromatic rings. The number of nitrogens with zero attached hydrogens (tertiary/aromatic N) is 1. The van der Waals surface area contributed by atoms with E-state index in [-0.39, 0.29) is 0 Å². The smallest absolute Gasteiger partial charge is 0.0510 e. The lowest BCUT2D eigenvalue weighted by Crippen LogP contribution is -2.31. The van der Waals surface area contributed by atoms with Gasteiger partial charge in [-0.3, -0.25) is 0 Å². The minimum absolute atomic E-state index is 0.379. The van der Waals surface area contributed by atoms with Gasteiger partial charge < -0.3 is 10.2 Å². The van der Waals surface area contributed by atoms with Crippen LogP contribution in [-0.4, -0.2) is 32.1 Å². The Kier molecular flexibility index (Phi) is 6.53. The summed E-state index contributed by atoms with van der Waals surface area (Å²) in [5, 5.41) is 3.26. The van der Waals surface area contributed by atoms with Crippen molar-refractivity contribution >= 4 is 33.4 Å². The second-order valence-corrected chi connectivity index (χ2v) is 6.40. The molecule has 1 aromatic carbocycles. The Morgan fingerprint density at radius 1 is 1.39 bits per heavy atom. The maximum Gasteiger partial charge on any atom is 0.0510 e. The maximum atomic E-state index is 3.69. The van der Waals surface area contributed by atoms with E-state index in [1.807, 2.05) is 18.8 Å². The van der Waals surface area contributed by atoms with E-state index in [4.69, 9.17) is 0 Å². The number of hydrogen-bond acceptors (Lipinski definition) is 3. The monoisotopic (exact) mass is 330 g/mol. The molecule has 1 N–H and O–H groups in total. The minimum Gasteiger partial charge on any atom is -0.370 e. The summed E-state index contributed by atoms with van der Waals surface area (Å²) >= 11 is 5.57. The first kappa shape index (κ1) is 15.9. The van der Waals surface area contributed by atoms with E-state index < -0.39 is 0 Å². The van der Waals surface area contributed by atoms with E-state index in [0.717, 1.165) is 10.2 Å². The van der Waals surface area contributed by atoms with Gasteiger partial charge in [0.2, 0.25) is 0 Å². The predicted molar refractivity (Wildman–Crippen MR) is 87.9 cm³/mol. The van der Waals surface area contributed by atoms with Crippen molar-refractivity contribution in [1.29, 1.82) is 0 Å². The Labute approximate surface area is 124 Å². The van der Waals surface area contributed by atoms with E-state index >= 15 is 0 Å². The predicted octanol–water partition coefficient (Wildman–Crippen LogP) is 3.92. The highest BCUT2D eigenvalue weighted by Gasteiger charge is 2.13. The van der Waals surface area contributed by atoms with Gasteiger partial charge in [-0.25, -0.2) is 0 Å². The molecule has 1 rings (SSSR count). The molecule has 0 aliphatic heterocycles. The Balaban J connectivity index is 2.91. The van der Waals surface area contributed by atoms with Crippen molar-refractivity contribution in [2.24, 2.45) is 0 Å². The Hall–Kier alpha value is -0.190. The second kappa shape index (κ2) is 7.41. The number of hydrogen-bond donors (Lipinski definition) is 1. The van der Waals surface area contributed by atoms with Gasteiger partial charge in [0, 0.05) is 29.4 Å². The van der Waals surface area contributed by atoms with Crippen LogP contribution in [0, 0.1) is 0 Å². The Morgan fingerprint density at radius 2 is 2.06 bits per heavy atom. The Bertz CT molecular complexity index is 384. The SMILES string of the molecule is CNC(C)c1ccc(N(C)C(C)CSC)c(Br)c1. The molecule has 0 amide bonds. The molecule has 102 valence electrons. The molecule has 2 unspecified atom stereocenters. The molecule has 0 aromatic heterocycles. The van der Waals surface area contributed by atoms with Crippen LogP contribution in [0.1, 0.15) is 25.5 Å². The summed E-state index contributed by atoms with van der Waals surface area (Å²) in [5.41, 5.74) is 2.56. The highest BCUT2D eigenvalue weighted by atomic mass is 79.9. The van der Waals surface area contributed by atoms with Crippen molar-refractivity contribution in [2.45, 2.75) is 25.9 Å². The summed E-state index contributed by atoms with van der Waals surface area (Å²) in [5.74, 6) is 1.14. The van der Waals surface area contributed by atoms with Crippen molar-refractivity contribution in [3.63, 3.8) is 0 Å². The highest BCUT2D eigenvalue weighted by molar-refractivity contribution is 9.10. The molecule has 0 heterocycles. The average Bonchev–Trinajstić information content (AvgIpc) is 2.37. The van der Waals surface area contributed by atoms with E-state index in [1.54, 1.807) is 0 Å². The third-order valence-electron chi connectivity index (χ3n) is 3.35. The molecule has 0 saturated carbocycles. The van der Waals surface area contributed by atoms with E-state index in [2.05, 4.69) is 71.5 Å². The van der Waals surface area contributed by atoms with E-state index in [1.165, 1.54) is 11.3 Å². The summed E-state index contributed by atoms with van der Waals surface area (Å²) in [6.45, 7) is 4.43. The van der Waals surface area contributed by atoms with Gasteiger partial charge in [-0.2, -0.15) is 11.8 Å². The highest BCUT2D eigenvalue weighted by Crippen LogP contribution is 2.30. The van der Waals surface area contributed by atoms with Crippen LogP contribution >= 0.6 is 27.7 Å². The molecule has 0 radical (unpaired) electrons. The van der Waals surface area contributed by atoms with Gasteiger partial charge in [0.05, 0.1) is 5.69 Å². The normalized spacial score (nSPS) is 14.3. The number of halogens is 1. The van der Waals surface area contributed by atoms with Crippen molar-refractivity contribution in [2.75, 3.05) is 31.0 Å². The van der Waals surface area contributed by atoms with Gasteiger partial charge in [0.25, 0.3) is 0 Å². The quantitative estimate of drug-likeness (QED) is 0.851. The second-order valence-electron chi connectivity index (χ2n) is 4.64. The van der Waals surface area contributed by atoms with Gasteiger partial charge >= 0.3 is 0 Å². The zero-order valence-corrected chi connectivity index (χ0v) is 14.2. The van der Waals surface area contributed by atoms with Gasteiger partial charge in [-0.15, -0.1) is 0 Å². The van der Waals surface area contributed by atoms with Crippen LogP contribution in [0.3, 0.4) is 0 Å². The molecular weight excluding hydrogens is 308 g/mol. The number of benzene rings is 1. The van der Waals surface area contributed by atoms with Crippen molar-refractivity contribution in [3.05, 3.63) is 28.2 Å². The van der Waals surface area contributed by atoms with Crippen LogP contribution in [-0.2, 0) is 0 Å². The first-order valence-electron chi connectivity index (χ1n) is 6.19. The summed E-state index contributed by atoms with van der Waals surface area (Å²) in [6, 6.07) is 7.51. The van der Waals surface area contributed by atoms with Gasteiger partial charge in [0.1, 0.15) is 0 Å². The lowest BCUT2D eigenvalue weighted by atomic mass is 10.1. The summed E-state index contributed by atoms with van der Waals surface area (Å²) < 4.78 is 1.16. The number of nitrogens with one attached hydrogen (secondary N) is 1. The third-order valence-corrected chi connectivity index (χ3v) is 4.80.